The summed E-state index contributed by atoms with van der Waals surface area (Å²) in [4.78, 5) is 44.5. The van der Waals surface area contributed by atoms with Gasteiger partial charge in [-0.3, -0.25) is 24.7 Å². The second-order valence-electron chi connectivity index (χ2n) is 8.61. The number of piperidine rings is 1. The van der Waals surface area contributed by atoms with E-state index in [1.165, 1.54) is 0 Å². The van der Waals surface area contributed by atoms with Crippen LogP contribution in [0.1, 0.15) is 29.9 Å². The fraction of sp³-hybridized carbons (Fsp3) is 0.231. The summed E-state index contributed by atoms with van der Waals surface area (Å²) in [5.74, 6) is -0.980. The normalized spacial score (nSPS) is 18.1. The van der Waals surface area contributed by atoms with Crippen molar-refractivity contribution in [3.8, 4) is 11.1 Å². The maximum absolute atomic E-state index is 12.7. The second-order valence-corrected chi connectivity index (χ2v) is 8.99. The molecular weight excluding hydrogens is 452 g/mol. The van der Waals surface area contributed by atoms with Gasteiger partial charge in [0, 0.05) is 25.2 Å². The molecule has 0 bridgehead atoms. The van der Waals surface area contributed by atoms with Crippen molar-refractivity contribution in [3.63, 3.8) is 0 Å². The van der Waals surface area contributed by atoms with Crippen LogP contribution in [0.4, 0.5) is 11.4 Å². The van der Waals surface area contributed by atoms with Gasteiger partial charge in [-0.05, 0) is 29.2 Å². The number of likely N-dealkylation sites (N-methyl/N-ethyl adjacent to an activating group) is 1. The van der Waals surface area contributed by atoms with Gasteiger partial charge in [0.25, 0.3) is 0 Å². The van der Waals surface area contributed by atoms with Crippen molar-refractivity contribution in [2.45, 2.75) is 25.3 Å². The summed E-state index contributed by atoms with van der Waals surface area (Å²) in [5.41, 5.74) is 5.21. The topological polar surface area (TPSA) is 82.6 Å². The number of fused-ring (bicyclic) bond motifs is 1. The molecule has 1 saturated heterocycles. The number of rotatable bonds is 4. The van der Waals surface area contributed by atoms with E-state index >= 15 is 0 Å². The molecule has 2 aliphatic heterocycles. The van der Waals surface area contributed by atoms with Crippen molar-refractivity contribution in [2.24, 2.45) is 0 Å². The Morgan fingerprint density at radius 2 is 1.85 bits per heavy atom. The van der Waals surface area contributed by atoms with Crippen LogP contribution in [0.2, 0.25) is 5.02 Å². The number of carbonyl (C=O) groups is 3. The van der Waals surface area contributed by atoms with Gasteiger partial charge in [0.05, 0.1) is 41.6 Å². The highest BCUT2D eigenvalue weighted by Gasteiger charge is 2.30. The lowest BCUT2D eigenvalue weighted by Crippen LogP contribution is -2.43. The van der Waals surface area contributed by atoms with Crippen LogP contribution in [-0.4, -0.2) is 36.3 Å². The smallest absolute Gasteiger partial charge is 0.246 e. The van der Waals surface area contributed by atoms with Crippen LogP contribution in [0.5, 0.6) is 0 Å². The fourth-order valence-corrected chi connectivity index (χ4v) is 4.96. The van der Waals surface area contributed by atoms with Crippen molar-refractivity contribution in [2.75, 3.05) is 23.4 Å². The summed E-state index contributed by atoms with van der Waals surface area (Å²) >= 11 is 6.73. The first-order valence-electron chi connectivity index (χ1n) is 11.1. The monoisotopic (exact) mass is 474 g/mol. The Morgan fingerprint density at radius 1 is 1.06 bits per heavy atom. The van der Waals surface area contributed by atoms with E-state index in [1.807, 2.05) is 60.5 Å². The molecule has 172 valence electrons. The van der Waals surface area contributed by atoms with E-state index in [9.17, 15) is 14.4 Å². The van der Waals surface area contributed by atoms with E-state index in [-0.39, 0.29) is 17.7 Å². The van der Waals surface area contributed by atoms with Crippen LogP contribution in [0.3, 0.4) is 0 Å². The molecule has 0 spiro atoms. The first kappa shape index (κ1) is 22.1. The van der Waals surface area contributed by atoms with Gasteiger partial charge < -0.3 is 9.80 Å². The van der Waals surface area contributed by atoms with Gasteiger partial charge in [0.15, 0.2) is 0 Å². The minimum atomic E-state index is -0.443. The number of imide groups is 1. The minimum Gasteiger partial charge on any atom is -0.363 e. The van der Waals surface area contributed by atoms with Crippen molar-refractivity contribution in [3.05, 3.63) is 77.1 Å². The Bertz CT molecular complexity index is 1290. The highest BCUT2D eigenvalue weighted by atomic mass is 35.5. The Morgan fingerprint density at radius 3 is 2.62 bits per heavy atom. The number of anilines is 2. The summed E-state index contributed by atoms with van der Waals surface area (Å²) in [6, 6.07) is 15.4. The SMILES string of the molecule is CN1CC(=O)N(Cc2ccc(-c3cccc(C4CCC(=O)NC4=O)c3Cl)cc2)c2cnccc21. The molecule has 2 aliphatic rings. The zero-order valence-electron chi connectivity index (χ0n) is 18.6. The standard InChI is InChI=1S/C26H23ClN4O3/c1-30-15-24(33)31(22-13-28-12-11-21(22)30)14-16-5-7-17(8-6-16)18-3-2-4-19(25(18)27)20-9-10-23(32)29-26(20)34/h2-8,11-13,20H,9-10,14-15H2,1H3,(H,29,32,34). The van der Waals surface area contributed by atoms with Gasteiger partial charge in [-0.2, -0.15) is 0 Å². The average Bonchev–Trinajstić information content (AvgIpc) is 2.83. The molecule has 1 atom stereocenters. The molecule has 1 fully saturated rings. The van der Waals surface area contributed by atoms with Crippen molar-refractivity contribution >= 4 is 40.7 Å². The highest BCUT2D eigenvalue weighted by Crippen LogP contribution is 2.37. The quantitative estimate of drug-likeness (QED) is 0.580. The number of hydrogen-bond acceptors (Lipinski definition) is 5. The molecule has 2 aromatic carbocycles. The maximum Gasteiger partial charge on any atom is 0.246 e. The number of aromatic nitrogens is 1. The van der Waals surface area contributed by atoms with Crippen molar-refractivity contribution in [1.82, 2.24) is 10.3 Å². The van der Waals surface area contributed by atoms with Crippen LogP contribution in [0.25, 0.3) is 11.1 Å². The van der Waals surface area contributed by atoms with E-state index in [0.29, 0.717) is 31.0 Å². The third-order valence-electron chi connectivity index (χ3n) is 6.40. The molecule has 0 saturated carbocycles. The molecule has 1 aromatic heterocycles. The lowest BCUT2D eigenvalue weighted by Gasteiger charge is -2.34. The van der Waals surface area contributed by atoms with Gasteiger partial charge in [0.1, 0.15) is 0 Å². The Balaban J connectivity index is 1.39. The molecule has 1 unspecified atom stereocenters. The van der Waals surface area contributed by atoms with Gasteiger partial charge >= 0.3 is 0 Å². The molecular formula is C26H23ClN4O3. The van der Waals surface area contributed by atoms with E-state index < -0.39 is 5.92 Å². The van der Waals surface area contributed by atoms with Crippen LogP contribution in [0.15, 0.2) is 60.9 Å². The molecule has 34 heavy (non-hydrogen) atoms. The number of pyridine rings is 1. The summed E-state index contributed by atoms with van der Waals surface area (Å²) in [6.45, 7) is 0.757. The third-order valence-corrected chi connectivity index (χ3v) is 6.82. The maximum atomic E-state index is 12.7. The lowest BCUT2D eigenvalue weighted by molar-refractivity contribution is -0.134. The number of nitrogens with zero attached hydrogens (tertiary/aromatic N) is 3. The number of halogens is 1. The van der Waals surface area contributed by atoms with Crippen LogP contribution >= 0.6 is 11.6 Å². The van der Waals surface area contributed by atoms with Crippen molar-refractivity contribution < 1.29 is 14.4 Å². The molecule has 3 aromatic rings. The van der Waals surface area contributed by atoms with E-state index in [1.54, 1.807) is 17.3 Å². The van der Waals surface area contributed by atoms with E-state index in [2.05, 4.69) is 10.3 Å². The van der Waals surface area contributed by atoms with Gasteiger partial charge in [-0.1, -0.05) is 54.1 Å². The number of benzene rings is 2. The molecule has 8 heteroatoms. The predicted octanol–water partition coefficient (Wildman–Crippen LogP) is 3.91. The molecule has 5 rings (SSSR count). The largest absolute Gasteiger partial charge is 0.363 e. The summed E-state index contributed by atoms with van der Waals surface area (Å²) in [5, 5.41) is 2.91. The van der Waals surface area contributed by atoms with Gasteiger partial charge in [-0.15, -0.1) is 0 Å². The second kappa shape index (κ2) is 8.91. The van der Waals surface area contributed by atoms with E-state index in [4.69, 9.17) is 11.6 Å². The number of carbonyl (C=O) groups excluding carboxylic acids is 3. The number of hydrogen-bond donors (Lipinski definition) is 1. The predicted molar refractivity (Wildman–Crippen MR) is 131 cm³/mol. The number of amides is 3. The molecule has 3 heterocycles. The van der Waals surface area contributed by atoms with Crippen LogP contribution < -0.4 is 15.1 Å². The van der Waals surface area contributed by atoms with Gasteiger partial charge in [-0.25, -0.2) is 0 Å². The zero-order valence-corrected chi connectivity index (χ0v) is 19.4. The average molecular weight is 475 g/mol. The Labute approximate surface area is 202 Å². The molecule has 3 amide bonds. The summed E-state index contributed by atoms with van der Waals surface area (Å²) < 4.78 is 0. The Kier molecular flexibility index (Phi) is 5.79. The lowest BCUT2D eigenvalue weighted by atomic mass is 9.88. The van der Waals surface area contributed by atoms with Gasteiger partial charge in [0.2, 0.25) is 17.7 Å². The number of nitrogens with one attached hydrogen (secondary N) is 1. The van der Waals surface area contributed by atoms with Crippen molar-refractivity contribution in [1.29, 1.82) is 0 Å². The highest BCUT2D eigenvalue weighted by molar-refractivity contribution is 6.34. The minimum absolute atomic E-state index is 0.0204. The summed E-state index contributed by atoms with van der Waals surface area (Å²) in [6.07, 6.45) is 4.19. The first-order chi connectivity index (χ1) is 16.4. The molecule has 0 radical (unpaired) electrons. The fourth-order valence-electron chi connectivity index (χ4n) is 4.60. The van der Waals surface area contributed by atoms with E-state index in [0.717, 1.165) is 33.6 Å². The molecule has 1 N–H and O–H groups in total. The van der Waals surface area contributed by atoms with Crippen LogP contribution in [-0.2, 0) is 20.9 Å². The molecule has 7 nitrogen and oxygen atoms in total. The third kappa shape index (κ3) is 4.03. The zero-order chi connectivity index (χ0) is 23.8. The molecule has 0 aliphatic carbocycles. The first-order valence-corrected chi connectivity index (χ1v) is 11.5. The summed E-state index contributed by atoms with van der Waals surface area (Å²) in [7, 11) is 1.90. The Hall–Kier alpha value is -3.71. The van der Waals surface area contributed by atoms with Crippen LogP contribution in [0, 0.1) is 0 Å².